The highest BCUT2D eigenvalue weighted by Crippen LogP contribution is 2.28. The van der Waals surface area contributed by atoms with Gasteiger partial charge in [0.1, 0.15) is 0 Å². The van der Waals surface area contributed by atoms with Crippen LogP contribution in [0.4, 0.5) is 5.69 Å². The number of thioether (sulfide) groups is 1. The zero-order chi connectivity index (χ0) is 21.5. The van der Waals surface area contributed by atoms with E-state index >= 15 is 0 Å². The molecule has 0 aliphatic heterocycles. The SMILES string of the molecule is CCN(CC)C(=O)c1ccc(NC(=O)c2ccccc2SCc2cscn2)cc1Cl. The molecule has 1 N–H and O–H groups in total. The molecule has 0 aliphatic carbocycles. The third kappa shape index (κ3) is 5.41. The number of hydrogen-bond donors (Lipinski definition) is 1. The highest BCUT2D eigenvalue weighted by atomic mass is 35.5. The molecule has 0 saturated carbocycles. The highest BCUT2D eigenvalue weighted by Gasteiger charge is 2.17. The zero-order valence-corrected chi connectivity index (χ0v) is 19.1. The van der Waals surface area contributed by atoms with Crippen molar-refractivity contribution in [3.05, 3.63) is 75.2 Å². The number of thiazole rings is 1. The smallest absolute Gasteiger partial charge is 0.256 e. The second-order valence-corrected chi connectivity index (χ2v) is 8.53. The summed E-state index contributed by atoms with van der Waals surface area (Å²) in [6, 6.07) is 12.4. The molecule has 0 atom stereocenters. The minimum absolute atomic E-state index is 0.119. The van der Waals surface area contributed by atoms with Crippen molar-refractivity contribution in [2.75, 3.05) is 18.4 Å². The van der Waals surface area contributed by atoms with Crippen LogP contribution in [-0.2, 0) is 5.75 Å². The Bertz CT molecular complexity index is 1020. The number of hydrogen-bond acceptors (Lipinski definition) is 5. The molecule has 0 saturated heterocycles. The lowest BCUT2D eigenvalue weighted by molar-refractivity contribution is 0.0773. The van der Waals surface area contributed by atoms with E-state index in [1.807, 2.05) is 37.4 Å². The maximum absolute atomic E-state index is 12.9. The molecule has 3 rings (SSSR count). The Kier molecular flexibility index (Phi) is 7.90. The first-order valence-corrected chi connectivity index (χ1v) is 11.8. The summed E-state index contributed by atoms with van der Waals surface area (Å²) in [6.45, 7) is 5.07. The van der Waals surface area contributed by atoms with Crippen LogP contribution in [0.2, 0.25) is 5.02 Å². The molecule has 1 aromatic heterocycles. The molecule has 5 nitrogen and oxygen atoms in total. The van der Waals surface area contributed by atoms with E-state index in [1.54, 1.807) is 57.8 Å². The predicted molar refractivity (Wildman–Crippen MR) is 125 cm³/mol. The number of nitrogens with one attached hydrogen (secondary N) is 1. The van der Waals surface area contributed by atoms with Crippen molar-refractivity contribution in [1.82, 2.24) is 9.88 Å². The average molecular weight is 460 g/mol. The summed E-state index contributed by atoms with van der Waals surface area (Å²) in [5, 5.41) is 5.20. The minimum atomic E-state index is -0.227. The molecular weight excluding hydrogens is 438 g/mol. The monoisotopic (exact) mass is 459 g/mol. The van der Waals surface area contributed by atoms with Gasteiger partial charge in [0.25, 0.3) is 11.8 Å². The number of rotatable bonds is 8. The average Bonchev–Trinajstić information content (AvgIpc) is 3.27. The molecule has 2 amide bonds. The van der Waals surface area contributed by atoms with E-state index in [-0.39, 0.29) is 11.8 Å². The van der Waals surface area contributed by atoms with Gasteiger partial charge in [0.2, 0.25) is 0 Å². The van der Waals surface area contributed by atoms with Crippen LogP contribution in [0, 0.1) is 0 Å². The number of halogens is 1. The van der Waals surface area contributed by atoms with E-state index in [1.165, 1.54) is 0 Å². The number of benzene rings is 2. The largest absolute Gasteiger partial charge is 0.339 e. The number of carbonyl (C=O) groups is 2. The molecule has 0 bridgehead atoms. The summed E-state index contributed by atoms with van der Waals surface area (Å²) in [5.74, 6) is 0.351. The third-order valence-corrected chi connectivity index (χ3v) is 6.55. The Morgan fingerprint density at radius 3 is 2.57 bits per heavy atom. The molecule has 0 radical (unpaired) electrons. The number of carbonyl (C=O) groups excluding carboxylic acids is 2. The van der Waals surface area contributed by atoms with E-state index in [9.17, 15) is 9.59 Å². The topological polar surface area (TPSA) is 62.3 Å². The summed E-state index contributed by atoms with van der Waals surface area (Å²) in [6.07, 6.45) is 0. The van der Waals surface area contributed by atoms with Gasteiger partial charge in [-0.2, -0.15) is 0 Å². The van der Waals surface area contributed by atoms with Crippen LogP contribution in [0.5, 0.6) is 0 Å². The van der Waals surface area contributed by atoms with E-state index < -0.39 is 0 Å². The van der Waals surface area contributed by atoms with Crippen molar-refractivity contribution in [2.24, 2.45) is 0 Å². The number of amides is 2. The van der Waals surface area contributed by atoms with Crippen LogP contribution in [0.25, 0.3) is 0 Å². The molecule has 3 aromatic rings. The van der Waals surface area contributed by atoms with Gasteiger partial charge in [0.15, 0.2) is 0 Å². The molecule has 0 unspecified atom stereocenters. The van der Waals surface area contributed by atoms with Crippen molar-refractivity contribution in [3.63, 3.8) is 0 Å². The number of aromatic nitrogens is 1. The van der Waals surface area contributed by atoms with Gasteiger partial charge in [0.05, 0.1) is 27.4 Å². The lowest BCUT2D eigenvalue weighted by Gasteiger charge is -2.19. The van der Waals surface area contributed by atoms with Gasteiger partial charge in [0, 0.05) is 34.8 Å². The van der Waals surface area contributed by atoms with Gasteiger partial charge in [-0.15, -0.1) is 23.1 Å². The second kappa shape index (κ2) is 10.6. The van der Waals surface area contributed by atoms with E-state index in [0.29, 0.717) is 40.7 Å². The van der Waals surface area contributed by atoms with Crippen molar-refractivity contribution < 1.29 is 9.59 Å². The molecule has 2 aromatic carbocycles. The maximum Gasteiger partial charge on any atom is 0.256 e. The van der Waals surface area contributed by atoms with E-state index in [4.69, 9.17) is 11.6 Å². The van der Waals surface area contributed by atoms with Crippen LogP contribution in [0.15, 0.2) is 58.3 Å². The molecule has 0 spiro atoms. The van der Waals surface area contributed by atoms with Gasteiger partial charge in [-0.3, -0.25) is 9.59 Å². The normalized spacial score (nSPS) is 10.6. The first kappa shape index (κ1) is 22.3. The first-order chi connectivity index (χ1) is 14.5. The molecular formula is C22H22ClN3O2S2. The lowest BCUT2D eigenvalue weighted by Crippen LogP contribution is -2.30. The minimum Gasteiger partial charge on any atom is -0.339 e. The molecule has 30 heavy (non-hydrogen) atoms. The Morgan fingerprint density at radius 2 is 1.90 bits per heavy atom. The van der Waals surface area contributed by atoms with Crippen molar-refractivity contribution in [1.29, 1.82) is 0 Å². The van der Waals surface area contributed by atoms with Crippen LogP contribution in [0.1, 0.15) is 40.3 Å². The van der Waals surface area contributed by atoms with Gasteiger partial charge in [-0.1, -0.05) is 23.7 Å². The summed E-state index contributed by atoms with van der Waals surface area (Å²) >= 11 is 9.46. The quantitative estimate of drug-likeness (QED) is 0.431. The van der Waals surface area contributed by atoms with E-state index in [0.717, 1.165) is 10.6 Å². The van der Waals surface area contributed by atoms with Crippen LogP contribution in [0.3, 0.4) is 0 Å². The van der Waals surface area contributed by atoms with E-state index in [2.05, 4.69) is 10.3 Å². The first-order valence-electron chi connectivity index (χ1n) is 9.52. The van der Waals surface area contributed by atoms with Crippen LogP contribution >= 0.6 is 34.7 Å². The van der Waals surface area contributed by atoms with Gasteiger partial charge in [-0.25, -0.2) is 4.98 Å². The molecule has 156 valence electrons. The molecule has 8 heteroatoms. The summed E-state index contributed by atoms with van der Waals surface area (Å²) in [7, 11) is 0. The molecule has 1 heterocycles. The fraction of sp³-hybridized carbons (Fsp3) is 0.227. The Balaban J connectivity index is 1.73. The summed E-state index contributed by atoms with van der Waals surface area (Å²) < 4.78 is 0. The van der Waals surface area contributed by atoms with Gasteiger partial charge in [-0.05, 0) is 44.2 Å². The van der Waals surface area contributed by atoms with Gasteiger partial charge < -0.3 is 10.2 Å². The fourth-order valence-electron chi connectivity index (χ4n) is 2.89. The summed E-state index contributed by atoms with van der Waals surface area (Å²) in [5.41, 5.74) is 4.34. The third-order valence-electron chi connectivity index (χ3n) is 4.50. The standard InChI is InChI=1S/C22H22ClN3O2S2/c1-3-26(4-2)22(28)17-10-9-15(11-19(17)23)25-21(27)18-7-5-6-8-20(18)30-13-16-12-29-14-24-16/h5-12,14H,3-4,13H2,1-2H3,(H,25,27). The Hall–Kier alpha value is -2.35. The Labute approximate surface area is 189 Å². The molecule has 0 aliphatic rings. The Morgan fingerprint density at radius 1 is 1.13 bits per heavy atom. The van der Waals surface area contributed by atoms with Crippen molar-refractivity contribution >= 4 is 52.2 Å². The van der Waals surface area contributed by atoms with Crippen LogP contribution in [-0.4, -0.2) is 34.8 Å². The van der Waals surface area contributed by atoms with Gasteiger partial charge >= 0.3 is 0 Å². The fourth-order valence-corrected chi connectivity index (χ4v) is 4.76. The lowest BCUT2D eigenvalue weighted by atomic mass is 10.1. The van der Waals surface area contributed by atoms with Crippen molar-refractivity contribution in [3.8, 4) is 0 Å². The second-order valence-electron chi connectivity index (χ2n) is 6.39. The highest BCUT2D eigenvalue weighted by molar-refractivity contribution is 7.98. The number of nitrogens with zero attached hydrogens (tertiary/aromatic N) is 2. The predicted octanol–water partition coefficient (Wildman–Crippen LogP) is 5.82. The maximum atomic E-state index is 12.9. The zero-order valence-electron chi connectivity index (χ0n) is 16.7. The summed E-state index contributed by atoms with van der Waals surface area (Å²) in [4.78, 5) is 32.3. The van der Waals surface area contributed by atoms with Crippen molar-refractivity contribution in [2.45, 2.75) is 24.5 Å². The van der Waals surface area contributed by atoms with Crippen LogP contribution < -0.4 is 5.32 Å². The number of anilines is 1. The molecule has 0 fully saturated rings.